The van der Waals surface area contributed by atoms with Crippen molar-refractivity contribution in [2.75, 3.05) is 45.9 Å². The fraction of sp³-hybridized carbons (Fsp3) is 0.500. The molecule has 2 fully saturated rings. The number of hydrogen-bond acceptors (Lipinski definition) is 12. The van der Waals surface area contributed by atoms with Crippen LogP contribution in [0.4, 0.5) is 30.7 Å². The average molecular weight is 876 g/mol. The van der Waals surface area contributed by atoms with Gasteiger partial charge in [0.2, 0.25) is 0 Å². The van der Waals surface area contributed by atoms with Crippen LogP contribution in [0.1, 0.15) is 71.9 Å². The molecule has 2 saturated heterocycles. The topological polar surface area (TPSA) is 143 Å². The summed E-state index contributed by atoms with van der Waals surface area (Å²) in [6, 6.07) is 6.35. The molecule has 1 atom stereocenters. The first kappa shape index (κ1) is 44.1. The minimum absolute atomic E-state index is 0.0635. The van der Waals surface area contributed by atoms with Gasteiger partial charge in [-0.1, -0.05) is 38.2 Å². The van der Waals surface area contributed by atoms with Crippen LogP contribution in [0.25, 0.3) is 10.2 Å². The number of carbonyl (C=O) groups is 3. The largest absolute Gasteiger partial charge is 0.491 e. The minimum atomic E-state index is -5.40. The molecule has 2 aliphatic heterocycles. The molecular formula is C38H40F7N5O7S2. The molecule has 0 saturated carbocycles. The minimum Gasteiger partial charge on any atom is -0.449 e. The Balaban J connectivity index is 1.06. The number of esters is 2. The normalized spacial score (nSPS) is 17.0. The monoisotopic (exact) mass is 875 g/mol. The van der Waals surface area contributed by atoms with Gasteiger partial charge in [-0.3, -0.25) is 14.5 Å². The lowest BCUT2D eigenvalue weighted by atomic mass is 9.89. The Labute approximate surface area is 340 Å². The van der Waals surface area contributed by atoms with E-state index < -0.39 is 64.5 Å². The fourth-order valence-corrected chi connectivity index (χ4v) is 8.72. The second-order valence-corrected chi connectivity index (χ2v) is 17.2. The van der Waals surface area contributed by atoms with E-state index in [0.29, 0.717) is 80.3 Å². The van der Waals surface area contributed by atoms with Crippen molar-refractivity contribution in [3.63, 3.8) is 0 Å². The zero-order valence-corrected chi connectivity index (χ0v) is 33.6. The van der Waals surface area contributed by atoms with Gasteiger partial charge in [0.05, 0.1) is 28.5 Å². The number of carbonyl (C=O) groups excluding carboxylic acids is 3. The van der Waals surface area contributed by atoms with Crippen molar-refractivity contribution in [1.82, 2.24) is 25.1 Å². The number of aromatic amines is 1. The molecule has 2 aliphatic rings. The number of nitrogens with zero attached hydrogens (tertiary/aromatic N) is 3. The standard InChI is InChI=1S/C38H40F7N5O7S2/c1-35(2,3)31-47-25(19-58-31)30(51)50-12-13-55-36(20-50)7-10-49(11-8-36)18-22-14-21(15-23(39)16-22)6-9-46-17-27(57-33(53)38(43,44)45)24-4-5-26(56-32(52)37(40,41)42)28-29(24)59-34(54)48-28/h4-5,14-16,19,27,46H,6-13,17-18,20H2,1-3H3,(H,48,54)/t27-/m0/s1. The van der Waals surface area contributed by atoms with Crippen LogP contribution in [0.3, 0.4) is 0 Å². The number of nitrogens with one attached hydrogen (secondary N) is 2. The number of piperidine rings is 1. The van der Waals surface area contributed by atoms with Gasteiger partial charge in [0.25, 0.3) is 5.91 Å². The van der Waals surface area contributed by atoms with Gasteiger partial charge in [0, 0.05) is 49.1 Å². The second kappa shape index (κ2) is 17.3. The summed E-state index contributed by atoms with van der Waals surface area (Å²) in [5.41, 5.74) is 0.412. The zero-order chi connectivity index (χ0) is 42.9. The highest BCUT2D eigenvalue weighted by Gasteiger charge is 2.44. The smallest absolute Gasteiger partial charge is 0.449 e. The van der Waals surface area contributed by atoms with E-state index in [1.54, 1.807) is 16.3 Å². The molecule has 1 amide bonds. The van der Waals surface area contributed by atoms with Crippen LogP contribution >= 0.6 is 22.7 Å². The van der Waals surface area contributed by atoms with Gasteiger partial charge in [-0.2, -0.15) is 26.3 Å². The molecule has 0 radical (unpaired) electrons. The van der Waals surface area contributed by atoms with Gasteiger partial charge in [0.1, 0.15) is 23.1 Å². The lowest BCUT2D eigenvalue weighted by Gasteiger charge is -2.47. The lowest BCUT2D eigenvalue weighted by Crippen LogP contribution is -2.58. The number of halogens is 7. The summed E-state index contributed by atoms with van der Waals surface area (Å²) < 4.78 is 108. The number of rotatable bonds is 11. The summed E-state index contributed by atoms with van der Waals surface area (Å²) in [7, 11) is 0. The Morgan fingerprint density at radius 3 is 2.36 bits per heavy atom. The number of hydrogen-bond donors (Lipinski definition) is 2. The van der Waals surface area contributed by atoms with Crippen molar-refractivity contribution in [2.24, 2.45) is 0 Å². The van der Waals surface area contributed by atoms with Crippen LogP contribution in [-0.2, 0) is 37.4 Å². The van der Waals surface area contributed by atoms with Gasteiger partial charge < -0.3 is 29.4 Å². The van der Waals surface area contributed by atoms with Gasteiger partial charge in [-0.05, 0) is 61.2 Å². The van der Waals surface area contributed by atoms with Gasteiger partial charge in [-0.25, -0.2) is 19.0 Å². The summed E-state index contributed by atoms with van der Waals surface area (Å²) in [5.74, 6) is -6.49. The molecule has 0 aliphatic carbocycles. The first-order chi connectivity index (χ1) is 27.6. The van der Waals surface area contributed by atoms with Crippen molar-refractivity contribution in [2.45, 2.75) is 76.1 Å². The Bertz CT molecular complexity index is 2240. The second-order valence-electron chi connectivity index (χ2n) is 15.4. The molecule has 21 heteroatoms. The predicted octanol–water partition coefficient (Wildman–Crippen LogP) is 6.44. The Hall–Kier alpha value is -4.44. The maximum atomic E-state index is 14.8. The highest BCUT2D eigenvalue weighted by molar-refractivity contribution is 7.16. The number of morpholine rings is 1. The number of alkyl halides is 6. The Kier molecular flexibility index (Phi) is 12.9. The lowest BCUT2D eigenvalue weighted by molar-refractivity contribution is -0.205. The van der Waals surface area contributed by atoms with E-state index in [2.05, 4.69) is 24.9 Å². The van der Waals surface area contributed by atoms with Crippen molar-refractivity contribution in [1.29, 1.82) is 0 Å². The van der Waals surface area contributed by atoms with Crippen LogP contribution in [0.15, 0.2) is 40.5 Å². The summed E-state index contributed by atoms with van der Waals surface area (Å²) in [6.07, 6.45) is -11.0. The van der Waals surface area contributed by atoms with Crippen molar-refractivity contribution < 1.29 is 59.3 Å². The quantitative estimate of drug-likeness (QED) is 0.0749. The van der Waals surface area contributed by atoms with Crippen molar-refractivity contribution in [3.05, 3.63) is 78.6 Å². The molecule has 1 spiro atoms. The molecular weight excluding hydrogens is 836 g/mol. The van der Waals surface area contributed by atoms with E-state index in [1.165, 1.54) is 23.5 Å². The molecule has 12 nitrogen and oxygen atoms in total. The third-order valence-corrected chi connectivity index (χ3v) is 12.0. The van der Waals surface area contributed by atoms with Gasteiger partial charge in [-0.15, -0.1) is 11.3 Å². The van der Waals surface area contributed by atoms with Crippen LogP contribution in [-0.4, -0.2) is 101 Å². The Morgan fingerprint density at radius 1 is 1.00 bits per heavy atom. The first-order valence-electron chi connectivity index (χ1n) is 18.4. The van der Waals surface area contributed by atoms with Gasteiger partial charge >= 0.3 is 29.2 Å². The molecule has 4 heterocycles. The van der Waals surface area contributed by atoms with Crippen molar-refractivity contribution >= 4 is 50.7 Å². The summed E-state index contributed by atoms with van der Waals surface area (Å²) in [6.45, 7) is 8.75. The van der Waals surface area contributed by atoms with Crippen LogP contribution < -0.4 is 14.9 Å². The molecule has 2 aromatic carbocycles. The molecule has 0 bridgehead atoms. The highest BCUT2D eigenvalue weighted by Crippen LogP contribution is 2.36. The SMILES string of the molecule is CC(C)(C)c1nc(C(=O)N2CCOC3(CCN(Cc4cc(F)cc(CCNC[C@H](OC(=O)C(F)(F)F)c5ccc(OC(=O)C(F)(F)F)c6[nH]c(=O)sc56)c4)CC3)C2)cs1. The van der Waals surface area contributed by atoms with E-state index in [9.17, 15) is 49.9 Å². The number of likely N-dealkylation sites (tertiary alicyclic amines) is 1. The van der Waals surface area contributed by atoms with Crippen LogP contribution in [0.5, 0.6) is 5.75 Å². The number of thiazole rings is 2. The van der Waals surface area contributed by atoms with E-state index in [1.807, 2.05) is 20.8 Å². The third kappa shape index (κ3) is 10.8. The number of amides is 1. The summed E-state index contributed by atoms with van der Waals surface area (Å²) in [4.78, 5) is 58.8. The maximum Gasteiger partial charge on any atom is 0.491 e. The number of H-pyrrole nitrogens is 1. The molecule has 6 rings (SSSR count). The third-order valence-electron chi connectivity index (χ3n) is 9.85. The van der Waals surface area contributed by atoms with Gasteiger partial charge in [0.15, 0.2) is 5.75 Å². The predicted molar refractivity (Wildman–Crippen MR) is 202 cm³/mol. The van der Waals surface area contributed by atoms with Crippen LogP contribution in [0.2, 0.25) is 0 Å². The Morgan fingerprint density at radius 2 is 1.69 bits per heavy atom. The number of fused-ring (bicyclic) bond motifs is 1. The first-order valence-corrected chi connectivity index (χ1v) is 20.1. The summed E-state index contributed by atoms with van der Waals surface area (Å²) in [5, 5.41) is 5.56. The molecule has 2 N–H and O–H groups in total. The molecule has 320 valence electrons. The number of aromatic nitrogens is 2. The number of benzene rings is 2. The van der Waals surface area contributed by atoms with Crippen LogP contribution in [0, 0.1) is 5.82 Å². The van der Waals surface area contributed by atoms with Crippen molar-refractivity contribution in [3.8, 4) is 5.75 Å². The average Bonchev–Trinajstić information content (AvgIpc) is 3.81. The van der Waals surface area contributed by atoms with E-state index >= 15 is 0 Å². The van der Waals surface area contributed by atoms with E-state index in [4.69, 9.17) is 9.47 Å². The maximum absolute atomic E-state index is 14.8. The zero-order valence-electron chi connectivity index (χ0n) is 32.0. The molecule has 59 heavy (non-hydrogen) atoms. The molecule has 2 aromatic heterocycles. The van der Waals surface area contributed by atoms with E-state index in [-0.39, 0.29) is 34.6 Å². The highest BCUT2D eigenvalue weighted by atomic mass is 32.1. The fourth-order valence-electron chi connectivity index (χ4n) is 6.93. The summed E-state index contributed by atoms with van der Waals surface area (Å²) >= 11 is 1.86. The number of ether oxygens (including phenoxy) is 3. The molecule has 4 aromatic rings. The molecule has 0 unspecified atom stereocenters. The van der Waals surface area contributed by atoms with E-state index in [0.717, 1.165) is 17.1 Å².